The number of methoxy groups -OCH3 is 2. The summed E-state index contributed by atoms with van der Waals surface area (Å²) in [5.41, 5.74) is 1.81. The molecule has 160 valence electrons. The highest BCUT2D eigenvalue weighted by molar-refractivity contribution is 6.30. The van der Waals surface area contributed by atoms with Gasteiger partial charge >= 0.3 is 0 Å². The monoisotopic (exact) mass is 438 g/mol. The lowest BCUT2D eigenvalue weighted by Gasteiger charge is -2.20. The molecule has 7 heteroatoms. The fourth-order valence-electron chi connectivity index (χ4n) is 3.02. The van der Waals surface area contributed by atoms with Crippen LogP contribution >= 0.6 is 11.6 Å². The van der Waals surface area contributed by atoms with E-state index >= 15 is 0 Å². The van der Waals surface area contributed by atoms with E-state index in [2.05, 4.69) is 10.6 Å². The van der Waals surface area contributed by atoms with E-state index in [0.717, 1.165) is 5.56 Å². The van der Waals surface area contributed by atoms with E-state index in [9.17, 15) is 9.59 Å². The van der Waals surface area contributed by atoms with Crippen molar-refractivity contribution in [3.63, 3.8) is 0 Å². The van der Waals surface area contributed by atoms with Gasteiger partial charge in [-0.15, -0.1) is 0 Å². The number of hydrogen-bond donors (Lipinski definition) is 2. The maximum absolute atomic E-state index is 13.1. The number of amides is 2. The molecule has 31 heavy (non-hydrogen) atoms. The second-order valence-electron chi connectivity index (χ2n) is 6.78. The highest BCUT2D eigenvalue weighted by Gasteiger charge is 2.23. The van der Waals surface area contributed by atoms with Gasteiger partial charge in [-0.1, -0.05) is 41.9 Å². The molecule has 3 aromatic carbocycles. The summed E-state index contributed by atoms with van der Waals surface area (Å²) in [5.74, 6) is 0.325. The molecule has 0 aliphatic carbocycles. The molecule has 2 amide bonds. The number of carbonyl (C=O) groups is 2. The maximum Gasteiger partial charge on any atom is 0.251 e. The Balaban J connectivity index is 1.82. The largest absolute Gasteiger partial charge is 0.497 e. The van der Waals surface area contributed by atoms with Gasteiger partial charge in [0, 0.05) is 23.1 Å². The van der Waals surface area contributed by atoms with Crippen LogP contribution in [0.25, 0.3) is 0 Å². The Kier molecular flexibility index (Phi) is 7.51. The Morgan fingerprint density at radius 2 is 1.65 bits per heavy atom. The normalized spacial score (nSPS) is 11.3. The molecule has 2 N–H and O–H groups in total. The fourth-order valence-corrected chi connectivity index (χ4v) is 3.15. The van der Waals surface area contributed by atoms with Crippen LogP contribution in [0.5, 0.6) is 11.5 Å². The van der Waals surface area contributed by atoms with Crippen molar-refractivity contribution in [1.82, 2.24) is 5.32 Å². The van der Waals surface area contributed by atoms with Crippen molar-refractivity contribution in [3.8, 4) is 11.5 Å². The van der Waals surface area contributed by atoms with Crippen LogP contribution in [-0.4, -0.2) is 32.1 Å². The number of rotatable bonds is 8. The third kappa shape index (κ3) is 5.99. The maximum atomic E-state index is 13.1. The van der Waals surface area contributed by atoms with Crippen molar-refractivity contribution in [3.05, 3.63) is 88.9 Å². The molecule has 3 rings (SSSR count). The predicted octanol–water partition coefficient (Wildman–Crippen LogP) is 4.34. The molecule has 1 atom stereocenters. The van der Waals surface area contributed by atoms with Gasteiger partial charge in [-0.25, -0.2) is 0 Å². The average Bonchev–Trinajstić information content (AvgIpc) is 2.80. The van der Waals surface area contributed by atoms with Gasteiger partial charge in [0.25, 0.3) is 5.91 Å². The van der Waals surface area contributed by atoms with Crippen LogP contribution in [0.2, 0.25) is 5.02 Å². The fraction of sp³-hybridized carbons (Fsp3) is 0.167. The molecule has 0 radical (unpaired) electrons. The van der Waals surface area contributed by atoms with Crippen LogP contribution in [0.3, 0.4) is 0 Å². The summed E-state index contributed by atoms with van der Waals surface area (Å²) in [6.45, 7) is 0. The molecule has 0 unspecified atom stereocenters. The molecular formula is C24H23ClN2O4. The molecule has 0 fully saturated rings. The first kappa shape index (κ1) is 22.2. The Morgan fingerprint density at radius 1 is 0.935 bits per heavy atom. The van der Waals surface area contributed by atoms with Crippen LogP contribution in [0.1, 0.15) is 15.9 Å². The third-order valence-corrected chi connectivity index (χ3v) is 4.93. The van der Waals surface area contributed by atoms with Gasteiger partial charge in [0.1, 0.15) is 17.5 Å². The Labute approximate surface area is 186 Å². The van der Waals surface area contributed by atoms with E-state index in [4.69, 9.17) is 21.1 Å². The zero-order valence-electron chi connectivity index (χ0n) is 17.2. The van der Waals surface area contributed by atoms with Gasteiger partial charge in [0.15, 0.2) is 0 Å². The van der Waals surface area contributed by atoms with Crippen LogP contribution < -0.4 is 20.1 Å². The quantitative estimate of drug-likeness (QED) is 0.548. The number of ether oxygens (including phenoxy) is 2. The first-order chi connectivity index (χ1) is 15.0. The highest BCUT2D eigenvalue weighted by atomic mass is 35.5. The Hall–Kier alpha value is -3.51. The molecule has 6 nitrogen and oxygen atoms in total. The molecule has 0 heterocycles. The average molecular weight is 439 g/mol. The van der Waals surface area contributed by atoms with E-state index in [1.807, 2.05) is 30.3 Å². The van der Waals surface area contributed by atoms with Crippen LogP contribution in [0, 0.1) is 0 Å². The summed E-state index contributed by atoms with van der Waals surface area (Å²) in [6, 6.07) is 20.2. The summed E-state index contributed by atoms with van der Waals surface area (Å²) < 4.78 is 10.5. The summed E-state index contributed by atoms with van der Waals surface area (Å²) in [5, 5.41) is 6.19. The Morgan fingerprint density at radius 3 is 2.29 bits per heavy atom. The number of anilines is 1. The summed E-state index contributed by atoms with van der Waals surface area (Å²) in [4.78, 5) is 25.9. The molecule has 0 saturated heterocycles. The van der Waals surface area contributed by atoms with Gasteiger partial charge in [0.05, 0.1) is 19.9 Å². The molecule has 0 aliphatic heterocycles. The molecule has 3 aromatic rings. The van der Waals surface area contributed by atoms with E-state index in [-0.39, 0.29) is 11.8 Å². The van der Waals surface area contributed by atoms with Crippen molar-refractivity contribution in [2.24, 2.45) is 0 Å². The summed E-state index contributed by atoms with van der Waals surface area (Å²) in [6.07, 6.45) is 0.324. The van der Waals surface area contributed by atoms with Crippen molar-refractivity contribution in [1.29, 1.82) is 0 Å². The second kappa shape index (κ2) is 10.5. The second-order valence-corrected chi connectivity index (χ2v) is 7.21. The van der Waals surface area contributed by atoms with Crippen molar-refractivity contribution < 1.29 is 19.1 Å². The Bertz CT molecular complexity index is 1040. The first-order valence-corrected chi connectivity index (χ1v) is 10.0. The lowest BCUT2D eigenvalue weighted by molar-refractivity contribution is -0.118. The van der Waals surface area contributed by atoms with Crippen LogP contribution in [-0.2, 0) is 11.2 Å². The van der Waals surface area contributed by atoms with E-state index in [0.29, 0.717) is 34.2 Å². The number of hydrogen-bond acceptors (Lipinski definition) is 4. The van der Waals surface area contributed by atoms with Gasteiger partial charge in [-0.3, -0.25) is 9.59 Å². The van der Waals surface area contributed by atoms with Crippen molar-refractivity contribution in [2.45, 2.75) is 12.5 Å². The van der Waals surface area contributed by atoms with Gasteiger partial charge < -0.3 is 20.1 Å². The molecule has 0 spiro atoms. The molecule has 0 bridgehead atoms. The minimum absolute atomic E-state index is 0.324. The standard InChI is InChI=1S/C24H23ClN2O4/c1-30-19-12-13-20(22(15-19)31-2)26-24(29)21(14-16-6-4-3-5-7-16)27-23(28)17-8-10-18(25)11-9-17/h3-13,15,21H,14H2,1-2H3,(H,26,29)(H,27,28)/t21-/m0/s1. The van der Waals surface area contributed by atoms with Gasteiger partial charge in [0.2, 0.25) is 5.91 Å². The van der Waals surface area contributed by atoms with Crippen molar-refractivity contribution in [2.75, 3.05) is 19.5 Å². The minimum Gasteiger partial charge on any atom is -0.497 e. The zero-order chi connectivity index (χ0) is 22.2. The highest BCUT2D eigenvalue weighted by Crippen LogP contribution is 2.29. The third-order valence-electron chi connectivity index (χ3n) is 4.68. The summed E-state index contributed by atoms with van der Waals surface area (Å²) in [7, 11) is 3.06. The molecule has 0 aliphatic rings. The van der Waals surface area contributed by atoms with Gasteiger partial charge in [-0.05, 0) is 42.0 Å². The van der Waals surface area contributed by atoms with E-state index in [1.165, 1.54) is 7.11 Å². The van der Waals surface area contributed by atoms with Crippen LogP contribution in [0.4, 0.5) is 5.69 Å². The van der Waals surface area contributed by atoms with Crippen LogP contribution in [0.15, 0.2) is 72.8 Å². The van der Waals surface area contributed by atoms with Gasteiger partial charge in [-0.2, -0.15) is 0 Å². The molecule has 0 aromatic heterocycles. The number of carbonyl (C=O) groups excluding carboxylic acids is 2. The predicted molar refractivity (Wildman–Crippen MR) is 121 cm³/mol. The summed E-state index contributed by atoms with van der Waals surface area (Å²) >= 11 is 5.90. The zero-order valence-corrected chi connectivity index (χ0v) is 18.0. The van der Waals surface area contributed by atoms with E-state index < -0.39 is 6.04 Å². The van der Waals surface area contributed by atoms with E-state index in [1.54, 1.807) is 49.6 Å². The van der Waals surface area contributed by atoms with Crippen molar-refractivity contribution >= 4 is 29.1 Å². The minimum atomic E-state index is -0.808. The number of nitrogens with one attached hydrogen (secondary N) is 2. The molecule has 0 saturated carbocycles. The number of halogens is 1. The molecular weight excluding hydrogens is 416 g/mol. The lowest BCUT2D eigenvalue weighted by Crippen LogP contribution is -2.45. The number of benzene rings is 3. The smallest absolute Gasteiger partial charge is 0.251 e. The lowest BCUT2D eigenvalue weighted by atomic mass is 10.0. The first-order valence-electron chi connectivity index (χ1n) is 9.63. The topological polar surface area (TPSA) is 76.7 Å². The SMILES string of the molecule is COc1ccc(NC(=O)[C@H](Cc2ccccc2)NC(=O)c2ccc(Cl)cc2)c(OC)c1.